The Bertz CT molecular complexity index is 772. The smallest absolute Gasteiger partial charge is 0.254 e. The van der Waals surface area contributed by atoms with E-state index in [0.717, 1.165) is 5.56 Å². The highest BCUT2D eigenvalue weighted by Crippen LogP contribution is 2.15. The van der Waals surface area contributed by atoms with Crippen molar-refractivity contribution in [3.8, 4) is 5.75 Å². The number of rotatable bonds is 3. The molecule has 3 N–H and O–H groups in total. The molecule has 0 atom stereocenters. The second-order valence-electron chi connectivity index (χ2n) is 6.14. The monoisotopic (exact) mass is 375 g/mol. The summed E-state index contributed by atoms with van der Waals surface area (Å²) >= 11 is 0. The fourth-order valence-electron chi connectivity index (χ4n) is 2.90. The molecule has 138 valence electrons. The van der Waals surface area contributed by atoms with E-state index in [1.807, 2.05) is 12.1 Å². The number of halogens is 1. The van der Waals surface area contributed by atoms with Gasteiger partial charge < -0.3 is 20.6 Å². The minimum Gasteiger partial charge on any atom is -0.508 e. The molecule has 1 saturated heterocycles. The van der Waals surface area contributed by atoms with Gasteiger partial charge in [-0.3, -0.25) is 9.59 Å². The minimum absolute atomic E-state index is 0. The topological polar surface area (TPSA) is 86.9 Å². The summed E-state index contributed by atoms with van der Waals surface area (Å²) in [6.45, 7) is 2.00. The van der Waals surface area contributed by atoms with Crippen LogP contribution < -0.4 is 5.73 Å². The number of nitrogens with zero attached hydrogens (tertiary/aromatic N) is 2. The number of phenols is 1. The molecule has 6 nitrogen and oxygen atoms in total. The molecular formula is C19H22ClN3O3. The molecule has 1 aliphatic heterocycles. The van der Waals surface area contributed by atoms with Gasteiger partial charge in [-0.15, -0.1) is 12.4 Å². The van der Waals surface area contributed by atoms with Crippen LogP contribution in [-0.2, 0) is 11.2 Å². The third-order valence-corrected chi connectivity index (χ3v) is 4.35. The third kappa shape index (κ3) is 4.67. The molecule has 2 amide bonds. The molecule has 2 aromatic rings. The van der Waals surface area contributed by atoms with E-state index >= 15 is 0 Å². The second-order valence-corrected chi connectivity index (χ2v) is 6.14. The summed E-state index contributed by atoms with van der Waals surface area (Å²) in [5.74, 6) is -0.000999. The Morgan fingerprint density at radius 2 is 1.58 bits per heavy atom. The number of amides is 2. The van der Waals surface area contributed by atoms with E-state index < -0.39 is 0 Å². The molecule has 0 spiro atoms. The maximum Gasteiger partial charge on any atom is 0.254 e. The largest absolute Gasteiger partial charge is 0.508 e. The Hall–Kier alpha value is -2.73. The number of piperazine rings is 1. The van der Waals surface area contributed by atoms with Crippen molar-refractivity contribution in [2.24, 2.45) is 0 Å². The maximum atomic E-state index is 12.5. The third-order valence-electron chi connectivity index (χ3n) is 4.35. The first kappa shape index (κ1) is 19.6. The molecule has 0 saturated carbocycles. The van der Waals surface area contributed by atoms with E-state index in [0.29, 0.717) is 43.9 Å². The fourth-order valence-corrected chi connectivity index (χ4v) is 2.90. The maximum absolute atomic E-state index is 12.5. The molecule has 2 aromatic carbocycles. The summed E-state index contributed by atoms with van der Waals surface area (Å²) in [4.78, 5) is 28.3. The number of carbonyl (C=O) groups excluding carboxylic acids is 2. The second kappa shape index (κ2) is 8.58. The predicted molar refractivity (Wildman–Crippen MR) is 102 cm³/mol. The lowest BCUT2D eigenvalue weighted by Gasteiger charge is -2.35. The van der Waals surface area contributed by atoms with Gasteiger partial charge >= 0.3 is 0 Å². The normalized spacial score (nSPS) is 13.8. The SMILES string of the molecule is Cl.Nc1ccc(CC(=O)N2CCN(C(=O)c3cccc(O)c3)CC2)cc1. The van der Waals surface area contributed by atoms with Crippen LogP contribution in [0.25, 0.3) is 0 Å². The highest BCUT2D eigenvalue weighted by Gasteiger charge is 2.24. The van der Waals surface area contributed by atoms with Crippen molar-refractivity contribution < 1.29 is 14.7 Å². The number of nitrogens with two attached hydrogens (primary N) is 1. The zero-order valence-electron chi connectivity index (χ0n) is 14.3. The lowest BCUT2D eigenvalue weighted by atomic mass is 10.1. The van der Waals surface area contributed by atoms with Crippen LogP contribution in [0.1, 0.15) is 15.9 Å². The number of aromatic hydroxyl groups is 1. The van der Waals surface area contributed by atoms with Crippen LogP contribution in [0.2, 0.25) is 0 Å². The zero-order chi connectivity index (χ0) is 17.8. The zero-order valence-corrected chi connectivity index (χ0v) is 15.1. The van der Waals surface area contributed by atoms with Gasteiger partial charge in [0, 0.05) is 37.4 Å². The number of benzene rings is 2. The van der Waals surface area contributed by atoms with E-state index in [4.69, 9.17) is 5.73 Å². The van der Waals surface area contributed by atoms with Gasteiger partial charge in [0.1, 0.15) is 5.75 Å². The molecule has 0 unspecified atom stereocenters. The van der Waals surface area contributed by atoms with Crippen LogP contribution >= 0.6 is 12.4 Å². The van der Waals surface area contributed by atoms with Crippen molar-refractivity contribution in [1.29, 1.82) is 0 Å². The van der Waals surface area contributed by atoms with Gasteiger partial charge in [0.2, 0.25) is 5.91 Å². The highest BCUT2D eigenvalue weighted by molar-refractivity contribution is 5.94. The average Bonchev–Trinajstić information content (AvgIpc) is 2.63. The van der Waals surface area contributed by atoms with Crippen LogP contribution in [0.4, 0.5) is 5.69 Å². The van der Waals surface area contributed by atoms with Crippen molar-refractivity contribution in [2.75, 3.05) is 31.9 Å². The van der Waals surface area contributed by atoms with Gasteiger partial charge in [-0.05, 0) is 35.9 Å². The molecule has 7 heteroatoms. The van der Waals surface area contributed by atoms with E-state index in [2.05, 4.69) is 0 Å². The van der Waals surface area contributed by atoms with Crippen LogP contribution in [0, 0.1) is 0 Å². The van der Waals surface area contributed by atoms with Crippen molar-refractivity contribution in [3.05, 3.63) is 59.7 Å². The predicted octanol–water partition coefficient (Wildman–Crippen LogP) is 1.92. The number of carbonyl (C=O) groups is 2. The van der Waals surface area contributed by atoms with Gasteiger partial charge in [0.05, 0.1) is 6.42 Å². The summed E-state index contributed by atoms with van der Waals surface area (Å²) in [5.41, 5.74) is 7.72. The summed E-state index contributed by atoms with van der Waals surface area (Å²) < 4.78 is 0. The van der Waals surface area contributed by atoms with E-state index in [1.165, 1.54) is 12.1 Å². The standard InChI is InChI=1S/C19H21N3O3.ClH/c20-16-6-4-14(5-7-16)12-18(24)21-8-10-22(11-9-21)19(25)15-2-1-3-17(23)13-15;/h1-7,13,23H,8-12,20H2;1H. The van der Waals surface area contributed by atoms with Gasteiger partial charge in [0.15, 0.2) is 0 Å². The first-order valence-corrected chi connectivity index (χ1v) is 8.23. The molecular weight excluding hydrogens is 354 g/mol. The molecule has 1 aliphatic rings. The van der Waals surface area contributed by atoms with Crippen molar-refractivity contribution in [2.45, 2.75) is 6.42 Å². The van der Waals surface area contributed by atoms with E-state index in [9.17, 15) is 14.7 Å². The van der Waals surface area contributed by atoms with E-state index in [1.54, 1.807) is 34.1 Å². The molecule has 0 aliphatic carbocycles. The van der Waals surface area contributed by atoms with Crippen molar-refractivity contribution in [3.63, 3.8) is 0 Å². The van der Waals surface area contributed by atoms with Crippen molar-refractivity contribution >= 4 is 29.9 Å². The Morgan fingerprint density at radius 1 is 0.962 bits per heavy atom. The summed E-state index contributed by atoms with van der Waals surface area (Å²) in [7, 11) is 0. The lowest BCUT2D eigenvalue weighted by molar-refractivity contribution is -0.131. The van der Waals surface area contributed by atoms with Crippen LogP contribution in [0.5, 0.6) is 5.75 Å². The number of hydrogen-bond donors (Lipinski definition) is 2. The number of phenolic OH excluding ortho intramolecular Hbond substituents is 1. The first-order chi connectivity index (χ1) is 12.0. The Balaban J connectivity index is 0.00000243. The summed E-state index contributed by atoms with van der Waals surface area (Å²) in [6, 6.07) is 13.6. The van der Waals surface area contributed by atoms with Crippen molar-refractivity contribution in [1.82, 2.24) is 9.80 Å². The molecule has 1 fully saturated rings. The molecule has 26 heavy (non-hydrogen) atoms. The Morgan fingerprint density at radius 3 is 2.19 bits per heavy atom. The number of nitrogen functional groups attached to an aromatic ring is 1. The summed E-state index contributed by atoms with van der Waals surface area (Å²) in [5, 5.41) is 9.50. The van der Waals surface area contributed by atoms with Crippen LogP contribution in [-0.4, -0.2) is 52.9 Å². The first-order valence-electron chi connectivity index (χ1n) is 8.23. The summed E-state index contributed by atoms with van der Waals surface area (Å²) in [6.07, 6.45) is 0.334. The molecule has 3 rings (SSSR count). The Labute approximate surface area is 158 Å². The van der Waals surface area contributed by atoms with E-state index in [-0.39, 0.29) is 30.0 Å². The van der Waals surface area contributed by atoms with Gasteiger partial charge in [-0.2, -0.15) is 0 Å². The average molecular weight is 376 g/mol. The fraction of sp³-hybridized carbons (Fsp3) is 0.263. The quantitative estimate of drug-likeness (QED) is 0.802. The Kier molecular flexibility index (Phi) is 6.46. The van der Waals surface area contributed by atoms with Crippen LogP contribution in [0.15, 0.2) is 48.5 Å². The highest BCUT2D eigenvalue weighted by atomic mass is 35.5. The minimum atomic E-state index is -0.124. The molecule has 0 aromatic heterocycles. The van der Waals surface area contributed by atoms with Crippen LogP contribution in [0.3, 0.4) is 0 Å². The van der Waals surface area contributed by atoms with Gasteiger partial charge in [0.25, 0.3) is 5.91 Å². The van der Waals surface area contributed by atoms with Gasteiger partial charge in [-0.25, -0.2) is 0 Å². The lowest BCUT2D eigenvalue weighted by Crippen LogP contribution is -2.51. The number of hydrogen-bond acceptors (Lipinski definition) is 4. The number of anilines is 1. The molecule has 0 radical (unpaired) electrons. The molecule has 0 bridgehead atoms. The van der Waals surface area contributed by atoms with Gasteiger partial charge in [-0.1, -0.05) is 18.2 Å². The molecule has 1 heterocycles.